The molecule has 2 N–H and O–H groups in total. The van der Waals surface area contributed by atoms with Crippen molar-refractivity contribution < 1.29 is 0 Å². The molecule has 2 rings (SSSR count). The molecule has 4 nitrogen and oxygen atoms in total. The van der Waals surface area contributed by atoms with Gasteiger partial charge in [0.05, 0.1) is 6.54 Å². The maximum atomic E-state index is 5.19. The van der Waals surface area contributed by atoms with Crippen molar-refractivity contribution in [3.05, 3.63) is 0 Å². The average molecular weight is 218 g/mol. The van der Waals surface area contributed by atoms with Crippen LogP contribution in [0.3, 0.4) is 0 Å². The van der Waals surface area contributed by atoms with E-state index in [1.807, 2.05) is 0 Å². The molecule has 0 saturated carbocycles. The lowest BCUT2D eigenvalue weighted by molar-refractivity contribution is 0.0161. The molecule has 6 heteroatoms. The molecule has 1 atom stereocenters. The molecular weight excluding hydrogens is 204 g/mol. The van der Waals surface area contributed by atoms with E-state index in [0.717, 1.165) is 37.7 Å². The van der Waals surface area contributed by atoms with Gasteiger partial charge in [0.15, 0.2) is 5.11 Å². The molecule has 0 bridgehead atoms. The van der Waals surface area contributed by atoms with Crippen molar-refractivity contribution in [3.8, 4) is 0 Å². The fourth-order valence-corrected chi connectivity index (χ4v) is 2.33. The minimum atomic E-state index is 0.103. The van der Waals surface area contributed by atoms with Crippen LogP contribution in [0.1, 0.15) is 6.42 Å². The summed E-state index contributed by atoms with van der Waals surface area (Å²) < 4.78 is 0. The fourth-order valence-electron chi connectivity index (χ4n) is 1.66. The number of hydrogen-bond donors (Lipinski definition) is 3. The van der Waals surface area contributed by atoms with Crippen molar-refractivity contribution in [2.45, 2.75) is 11.9 Å². The van der Waals surface area contributed by atoms with E-state index in [4.69, 9.17) is 12.2 Å². The van der Waals surface area contributed by atoms with E-state index in [-0.39, 0.29) is 5.50 Å². The van der Waals surface area contributed by atoms with E-state index < -0.39 is 0 Å². The summed E-state index contributed by atoms with van der Waals surface area (Å²) in [7, 11) is 0. The molecule has 13 heavy (non-hydrogen) atoms. The van der Waals surface area contributed by atoms with Crippen LogP contribution >= 0.6 is 24.8 Å². The first-order valence-electron chi connectivity index (χ1n) is 4.52. The molecule has 0 aliphatic carbocycles. The van der Waals surface area contributed by atoms with Gasteiger partial charge in [0.25, 0.3) is 0 Å². The van der Waals surface area contributed by atoms with E-state index in [1.165, 1.54) is 0 Å². The molecule has 0 radical (unpaired) electrons. The number of thiol groups is 1. The Hall–Kier alpha value is -0.0400. The summed E-state index contributed by atoms with van der Waals surface area (Å²) in [4.78, 5) is 0. The van der Waals surface area contributed by atoms with Crippen LogP contribution in [0, 0.1) is 0 Å². The van der Waals surface area contributed by atoms with E-state index in [1.54, 1.807) is 0 Å². The lowest BCUT2D eigenvalue weighted by atomic mass is 10.3. The third-order valence-corrected chi connectivity index (χ3v) is 3.12. The van der Waals surface area contributed by atoms with Gasteiger partial charge in [-0.25, -0.2) is 0 Å². The Labute approximate surface area is 89.0 Å². The largest absolute Gasteiger partial charge is 0.360 e. The molecule has 0 spiro atoms. The second kappa shape index (κ2) is 4.00. The van der Waals surface area contributed by atoms with Crippen molar-refractivity contribution in [2.75, 3.05) is 26.2 Å². The maximum absolute atomic E-state index is 5.19. The van der Waals surface area contributed by atoms with Crippen molar-refractivity contribution in [1.82, 2.24) is 20.7 Å². The Kier molecular flexibility index (Phi) is 2.92. The number of hydrazine groups is 1. The first kappa shape index (κ1) is 9.51. The van der Waals surface area contributed by atoms with Gasteiger partial charge in [-0.1, -0.05) is 0 Å². The highest BCUT2D eigenvalue weighted by Gasteiger charge is 2.28. The summed E-state index contributed by atoms with van der Waals surface area (Å²) in [5.74, 6) is 0. The van der Waals surface area contributed by atoms with Gasteiger partial charge in [-0.2, -0.15) is 5.01 Å². The van der Waals surface area contributed by atoms with E-state index in [9.17, 15) is 0 Å². The zero-order chi connectivity index (χ0) is 9.26. The van der Waals surface area contributed by atoms with Crippen molar-refractivity contribution in [2.24, 2.45) is 0 Å². The number of nitrogens with one attached hydrogen (secondary N) is 2. The molecule has 2 heterocycles. The molecule has 2 aliphatic heterocycles. The summed E-state index contributed by atoms with van der Waals surface area (Å²) in [6.07, 6.45) is 1.15. The Bertz CT molecular complexity index is 211. The van der Waals surface area contributed by atoms with Crippen LogP contribution in [0.4, 0.5) is 0 Å². The highest BCUT2D eigenvalue weighted by molar-refractivity contribution is 7.81. The second-order valence-electron chi connectivity index (χ2n) is 3.20. The van der Waals surface area contributed by atoms with Gasteiger partial charge in [-0.05, 0) is 25.2 Å². The van der Waals surface area contributed by atoms with Crippen LogP contribution in [0.5, 0.6) is 0 Å². The normalized spacial score (nSPS) is 30.7. The van der Waals surface area contributed by atoms with Crippen LogP contribution in [0.25, 0.3) is 0 Å². The van der Waals surface area contributed by atoms with Crippen LogP contribution in [0.2, 0.25) is 0 Å². The number of hydrogen-bond acceptors (Lipinski definition) is 4. The van der Waals surface area contributed by atoms with E-state index in [2.05, 4.69) is 33.3 Å². The highest BCUT2D eigenvalue weighted by atomic mass is 32.1. The molecule has 0 amide bonds. The average Bonchev–Trinajstić information content (AvgIpc) is 2.52. The molecule has 2 fully saturated rings. The molecular formula is C7H14N4S2. The monoisotopic (exact) mass is 218 g/mol. The van der Waals surface area contributed by atoms with Gasteiger partial charge < -0.3 is 5.32 Å². The molecule has 2 aliphatic rings. The zero-order valence-electron chi connectivity index (χ0n) is 7.36. The van der Waals surface area contributed by atoms with Crippen LogP contribution in [-0.4, -0.2) is 46.8 Å². The van der Waals surface area contributed by atoms with Gasteiger partial charge >= 0.3 is 0 Å². The third-order valence-electron chi connectivity index (χ3n) is 2.32. The first-order chi connectivity index (χ1) is 6.29. The molecule has 2 saturated heterocycles. The predicted octanol–water partition coefficient (Wildman–Crippen LogP) is -0.400. The topological polar surface area (TPSA) is 30.5 Å². The summed E-state index contributed by atoms with van der Waals surface area (Å²) in [5, 5.41) is 11.5. The molecule has 0 aromatic carbocycles. The SMILES string of the molecule is S=C1NCCN1N1CCCNC1S. The summed E-state index contributed by atoms with van der Waals surface area (Å²) in [6.45, 7) is 3.97. The summed E-state index contributed by atoms with van der Waals surface area (Å²) in [5.41, 5.74) is 0.103. The Balaban J connectivity index is 2.01. The molecule has 0 aromatic rings. The smallest absolute Gasteiger partial charge is 0.183 e. The number of nitrogens with zero attached hydrogens (tertiary/aromatic N) is 2. The molecule has 74 valence electrons. The predicted molar refractivity (Wildman–Crippen MR) is 59.4 cm³/mol. The fraction of sp³-hybridized carbons (Fsp3) is 0.857. The van der Waals surface area contributed by atoms with Crippen molar-refractivity contribution in [3.63, 3.8) is 0 Å². The van der Waals surface area contributed by atoms with Crippen LogP contribution in [-0.2, 0) is 0 Å². The van der Waals surface area contributed by atoms with Gasteiger partial charge in [-0.3, -0.25) is 10.3 Å². The first-order valence-corrected chi connectivity index (χ1v) is 5.45. The zero-order valence-corrected chi connectivity index (χ0v) is 9.07. The standard InChI is InChI=1S/C7H14N4S2/c12-6-8-2-1-4-10(6)11-5-3-9-7(11)13/h6,8,12H,1-5H2,(H,9,13). The van der Waals surface area contributed by atoms with Gasteiger partial charge in [-0.15, -0.1) is 12.6 Å². The Morgan fingerprint density at radius 1 is 1.38 bits per heavy atom. The quantitative estimate of drug-likeness (QED) is 0.412. The summed E-state index contributed by atoms with van der Waals surface area (Å²) in [6, 6.07) is 0. The number of rotatable bonds is 1. The van der Waals surface area contributed by atoms with Crippen LogP contribution < -0.4 is 10.6 Å². The number of thiocarbonyl (C=S) groups is 1. The maximum Gasteiger partial charge on any atom is 0.183 e. The Morgan fingerprint density at radius 2 is 2.23 bits per heavy atom. The van der Waals surface area contributed by atoms with Gasteiger partial charge in [0.1, 0.15) is 5.50 Å². The van der Waals surface area contributed by atoms with Gasteiger partial charge in [0, 0.05) is 13.1 Å². The minimum Gasteiger partial charge on any atom is -0.360 e. The third kappa shape index (κ3) is 1.90. The molecule has 0 aromatic heterocycles. The highest BCUT2D eigenvalue weighted by Crippen LogP contribution is 2.13. The second-order valence-corrected chi connectivity index (χ2v) is 4.08. The van der Waals surface area contributed by atoms with Crippen molar-refractivity contribution >= 4 is 30.0 Å². The van der Waals surface area contributed by atoms with E-state index >= 15 is 0 Å². The van der Waals surface area contributed by atoms with E-state index in [0.29, 0.717) is 0 Å². The van der Waals surface area contributed by atoms with Gasteiger partial charge in [0.2, 0.25) is 0 Å². The lowest BCUT2D eigenvalue weighted by Gasteiger charge is -2.39. The Morgan fingerprint density at radius 3 is 2.85 bits per heavy atom. The minimum absolute atomic E-state index is 0.103. The van der Waals surface area contributed by atoms with Crippen LogP contribution in [0.15, 0.2) is 0 Å². The van der Waals surface area contributed by atoms with Crippen molar-refractivity contribution in [1.29, 1.82) is 0 Å². The molecule has 1 unspecified atom stereocenters. The lowest BCUT2D eigenvalue weighted by Crippen LogP contribution is -2.57. The summed E-state index contributed by atoms with van der Waals surface area (Å²) >= 11 is 9.64.